The molecule has 27 heavy (non-hydrogen) atoms. The Morgan fingerprint density at radius 3 is 1.67 bits per heavy atom. The van der Waals surface area contributed by atoms with Crippen molar-refractivity contribution in [3.8, 4) is 11.5 Å². The molecule has 0 bridgehead atoms. The Labute approximate surface area is 164 Å². The quantitative estimate of drug-likeness (QED) is 0.403. The third-order valence-electron chi connectivity index (χ3n) is 4.32. The molecule has 2 aromatic carbocycles. The van der Waals surface area contributed by atoms with Gasteiger partial charge in [-0.25, -0.2) is 0 Å². The second-order valence-electron chi connectivity index (χ2n) is 6.60. The zero-order valence-electron chi connectivity index (χ0n) is 16.8. The second kappa shape index (κ2) is 12.9. The van der Waals surface area contributed by atoms with Crippen LogP contribution in [0.4, 0.5) is 11.4 Å². The van der Waals surface area contributed by atoms with Gasteiger partial charge in [-0.3, -0.25) is 0 Å². The fourth-order valence-corrected chi connectivity index (χ4v) is 2.81. The van der Waals surface area contributed by atoms with E-state index in [1.165, 1.54) is 25.7 Å². The number of anilines is 2. The van der Waals surface area contributed by atoms with E-state index in [-0.39, 0.29) is 0 Å². The summed E-state index contributed by atoms with van der Waals surface area (Å²) in [5.41, 5.74) is 2.21. The highest BCUT2D eigenvalue weighted by Crippen LogP contribution is 2.17. The van der Waals surface area contributed by atoms with Crippen LogP contribution in [0.1, 0.15) is 46.0 Å². The summed E-state index contributed by atoms with van der Waals surface area (Å²) in [6.45, 7) is 7.43. The molecule has 148 valence electrons. The molecule has 0 fully saturated rings. The van der Waals surface area contributed by atoms with Crippen molar-refractivity contribution in [2.45, 2.75) is 46.0 Å². The van der Waals surface area contributed by atoms with Crippen molar-refractivity contribution in [3.63, 3.8) is 0 Å². The SMILES string of the molecule is CCCCCCCOc1ccc(NCCNc2ccc(OCC)cc2)cc1. The van der Waals surface area contributed by atoms with Crippen molar-refractivity contribution in [3.05, 3.63) is 48.5 Å². The highest BCUT2D eigenvalue weighted by molar-refractivity contribution is 5.48. The van der Waals surface area contributed by atoms with Crippen LogP contribution in [0.15, 0.2) is 48.5 Å². The Bertz CT molecular complexity index is 611. The number of ether oxygens (including phenoxy) is 2. The summed E-state index contributed by atoms with van der Waals surface area (Å²) < 4.78 is 11.3. The van der Waals surface area contributed by atoms with Crippen LogP contribution in [-0.2, 0) is 0 Å². The van der Waals surface area contributed by atoms with Gasteiger partial charge in [0.15, 0.2) is 0 Å². The first-order valence-corrected chi connectivity index (χ1v) is 10.2. The minimum atomic E-state index is 0.694. The number of benzene rings is 2. The summed E-state index contributed by atoms with van der Waals surface area (Å²) in [5, 5.41) is 6.82. The molecular weight excluding hydrogens is 336 g/mol. The van der Waals surface area contributed by atoms with Crippen LogP contribution < -0.4 is 20.1 Å². The van der Waals surface area contributed by atoms with Crippen molar-refractivity contribution in [2.24, 2.45) is 0 Å². The predicted octanol–water partition coefficient (Wildman–Crippen LogP) is 5.96. The maximum atomic E-state index is 5.80. The van der Waals surface area contributed by atoms with Crippen molar-refractivity contribution in [1.29, 1.82) is 0 Å². The average molecular weight is 371 g/mol. The Morgan fingerprint density at radius 2 is 1.15 bits per heavy atom. The van der Waals surface area contributed by atoms with Gasteiger partial charge in [-0.05, 0) is 61.9 Å². The minimum absolute atomic E-state index is 0.694. The molecule has 0 amide bonds. The molecule has 0 radical (unpaired) electrons. The van der Waals surface area contributed by atoms with E-state index in [0.717, 1.165) is 49.0 Å². The molecule has 2 rings (SSSR count). The van der Waals surface area contributed by atoms with Crippen LogP contribution in [0, 0.1) is 0 Å². The summed E-state index contributed by atoms with van der Waals surface area (Å²) in [4.78, 5) is 0. The van der Waals surface area contributed by atoms with Gasteiger partial charge in [-0.15, -0.1) is 0 Å². The predicted molar refractivity (Wildman–Crippen MR) is 115 cm³/mol. The average Bonchev–Trinajstić information content (AvgIpc) is 2.70. The number of unbranched alkanes of at least 4 members (excludes halogenated alkanes) is 4. The van der Waals surface area contributed by atoms with E-state index in [2.05, 4.69) is 29.7 Å². The number of rotatable bonds is 14. The zero-order chi connectivity index (χ0) is 19.2. The van der Waals surface area contributed by atoms with E-state index in [0.29, 0.717) is 6.61 Å². The van der Waals surface area contributed by atoms with E-state index in [4.69, 9.17) is 9.47 Å². The summed E-state index contributed by atoms with van der Waals surface area (Å²) in [6.07, 6.45) is 6.32. The summed E-state index contributed by atoms with van der Waals surface area (Å²) in [7, 11) is 0. The molecule has 0 aliphatic carbocycles. The standard InChI is InChI=1S/C23H34N2O2/c1-3-5-6-7-8-19-27-23-15-11-21(12-16-23)25-18-17-24-20-9-13-22(14-10-20)26-4-2/h9-16,24-25H,3-8,17-19H2,1-2H3. The van der Waals surface area contributed by atoms with Gasteiger partial charge in [0.1, 0.15) is 11.5 Å². The molecular formula is C23H34N2O2. The topological polar surface area (TPSA) is 42.5 Å². The van der Waals surface area contributed by atoms with Crippen LogP contribution in [0.25, 0.3) is 0 Å². The van der Waals surface area contributed by atoms with E-state index in [1.807, 2.05) is 43.3 Å². The zero-order valence-corrected chi connectivity index (χ0v) is 16.8. The van der Waals surface area contributed by atoms with E-state index < -0.39 is 0 Å². The molecule has 0 aliphatic rings. The van der Waals surface area contributed by atoms with Crippen LogP contribution in [-0.4, -0.2) is 26.3 Å². The summed E-state index contributed by atoms with van der Waals surface area (Å²) >= 11 is 0. The maximum Gasteiger partial charge on any atom is 0.119 e. The Morgan fingerprint density at radius 1 is 0.630 bits per heavy atom. The summed E-state index contributed by atoms with van der Waals surface area (Å²) in [6, 6.07) is 16.3. The lowest BCUT2D eigenvalue weighted by Crippen LogP contribution is -2.13. The molecule has 0 saturated heterocycles. The maximum absolute atomic E-state index is 5.80. The van der Waals surface area contributed by atoms with Crippen LogP contribution in [0.5, 0.6) is 11.5 Å². The van der Waals surface area contributed by atoms with Gasteiger partial charge in [0.05, 0.1) is 13.2 Å². The molecule has 0 atom stereocenters. The lowest BCUT2D eigenvalue weighted by molar-refractivity contribution is 0.304. The van der Waals surface area contributed by atoms with Gasteiger partial charge in [0.25, 0.3) is 0 Å². The fraction of sp³-hybridized carbons (Fsp3) is 0.478. The molecule has 0 aliphatic heterocycles. The molecule has 0 aromatic heterocycles. The smallest absolute Gasteiger partial charge is 0.119 e. The van der Waals surface area contributed by atoms with E-state index >= 15 is 0 Å². The highest BCUT2D eigenvalue weighted by Gasteiger charge is 1.97. The van der Waals surface area contributed by atoms with Crippen LogP contribution >= 0.6 is 0 Å². The summed E-state index contributed by atoms with van der Waals surface area (Å²) in [5.74, 6) is 1.85. The monoisotopic (exact) mass is 370 g/mol. The first-order chi connectivity index (χ1) is 13.3. The lowest BCUT2D eigenvalue weighted by atomic mass is 10.2. The molecule has 4 heteroatoms. The van der Waals surface area contributed by atoms with Gasteiger partial charge < -0.3 is 20.1 Å². The third kappa shape index (κ3) is 8.72. The molecule has 2 aromatic rings. The fourth-order valence-electron chi connectivity index (χ4n) is 2.81. The second-order valence-corrected chi connectivity index (χ2v) is 6.60. The van der Waals surface area contributed by atoms with Crippen molar-refractivity contribution in [1.82, 2.24) is 0 Å². The number of hydrogen-bond acceptors (Lipinski definition) is 4. The molecule has 2 N–H and O–H groups in total. The third-order valence-corrected chi connectivity index (χ3v) is 4.32. The number of hydrogen-bond donors (Lipinski definition) is 2. The molecule has 4 nitrogen and oxygen atoms in total. The molecule has 0 heterocycles. The number of nitrogens with one attached hydrogen (secondary N) is 2. The van der Waals surface area contributed by atoms with Crippen LogP contribution in [0.2, 0.25) is 0 Å². The van der Waals surface area contributed by atoms with Crippen molar-refractivity contribution < 1.29 is 9.47 Å². The molecule has 0 saturated carbocycles. The van der Waals surface area contributed by atoms with Crippen molar-refractivity contribution in [2.75, 3.05) is 36.9 Å². The van der Waals surface area contributed by atoms with Gasteiger partial charge in [-0.2, -0.15) is 0 Å². The highest BCUT2D eigenvalue weighted by atomic mass is 16.5. The van der Waals surface area contributed by atoms with E-state index in [9.17, 15) is 0 Å². The lowest BCUT2D eigenvalue weighted by Gasteiger charge is -2.11. The van der Waals surface area contributed by atoms with E-state index in [1.54, 1.807) is 0 Å². The van der Waals surface area contributed by atoms with Gasteiger partial charge in [0, 0.05) is 24.5 Å². The Kier molecular flexibility index (Phi) is 10.0. The van der Waals surface area contributed by atoms with Gasteiger partial charge in [0.2, 0.25) is 0 Å². The molecule has 0 unspecified atom stereocenters. The van der Waals surface area contributed by atoms with Crippen molar-refractivity contribution >= 4 is 11.4 Å². The van der Waals surface area contributed by atoms with Gasteiger partial charge in [-0.1, -0.05) is 32.6 Å². The Hall–Kier alpha value is -2.36. The Balaban J connectivity index is 1.59. The minimum Gasteiger partial charge on any atom is -0.494 e. The van der Waals surface area contributed by atoms with Crippen LogP contribution in [0.3, 0.4) is 0 Å². The van der Waals surface area contributed by atoms with Gasteiger partial charge >= 0.3 is 0 Å². The largest absolute Gasteiger partial charge is 0.494 e. The normalized spacial score (nSPS) is 10.4. The first kappa shape index (κ1) is 20.9. The first-order valence-electron chi connectivity index (χ1n) is 10.2. The molecule has 0 spiro atoms.